The Kier molecular flexibility index (Phi) is 4.05. The molecule has 0 heterocycles. The average molecular weight is 293 g/mol. The van der Waals surface area contributed by atoms with Gasteiger partial charge in [0.2, 0.25) is 0 Å². The van der Waals surface area contributed by atoms with Crippen LogP contribution in [0, 0.1) is 18.3 Å². The first-order chi connectivity index (χ1) is 9.40. The number of hydrogen-bond donors (Lipinski definition) is 0. The van der Waals surface area contributed by atoms with Crippen LogP contribution in [0.4, 0.5) is 13.2 Å². The maximum absolute atomic E-state index is 12.7. The molecule has 0 aliphatic carbocycles. The Morgan fingerprint density at radius 2 is 1.60 bits per heavy atom. The molecule has 2 rings (SSSR count). The van der Waals surface area contributed by atoms with Crippen molar-refractivity contribution in [2.75, 3.05) is 0 Å². The van der Waals surface area contributed by atoms with Crippen molar-refractivity contribution < 1.29 is 13.2 Å². The molecule has 20 heavy (non-hydrogen) atoms. The third-order valence-corrected chi connectivity index (χ3v) is 3.67. The van der Waals surface area contributed by atoms with Crippen molar-refractivity contribution in [3.8, 4) is 6.07 Å². The molecule has 2 aromatic rings. The van der Waals surface area contributed by atoms with Crippen LogP contribution in [0.3, 0.4) is 0 Å². The van der Waals surface area contributed by atoms with Crippen molar-refractivity contribution in [1.29, 1.82) is 5.26 Å². The predicted molar refractivity (Wildman–Crippen MR) is 71.5 cm³/mol. The van der Waals surface area contributed by atoms with Crippen LogP contribution in [-0.4, -0.2) is 0 Å². The smallest absolute Gasteiger partial charge is 0.192 e. The lowest BCUT2D eigenvalue weighted by molar-refractivity contribution is -0.137. The molecule has 0 spiro atoms. The molecule has 0 aliphatic rings. The standard InChI is InChI=1S/C15H10F3NS/c1-10-2-4-12(5-3-10)20-13-6-7-14(15(16,17)18)11(8-13)9-19/h2-8H,1H3. The van der Waals surface area contributed by atoms with Gasteiger partial charge in [0.1, 0.15) is 0 Å². The first-order valence-electron chi connectivity index (χ1n) is 5.76. The van der Waals surface area contributed by atoms with Crippen molar-refractivity contribution >= 4 is 11.8 Å². The van der Waals surface area contributed by atoms with E-state index in [1.54, 1.807) is 6.07 Å². The van der Waals surface area contributed by atoms with Crippen LogP contribution < -0.4 is 0 Å². The van der Waals surface area contributed by atoms with E-state index in [9.17, 15) is 13.2 Å². The second-order valence-corrected chi connectivity index (χ2v) is 5.38. The molecule has 0 radical (unpaired) electrons. The zero-order chi connectivity index (χ0) is 14.8. The van der Waals surface area contributed by atoms with Gasteiger partial charge < -0.3 is 0 Å². The fraction of sp³-hybridized carbons (Fsp3) is 0.133. The molecule has 0 aromatic heterocycles. The van der Waals surface area contributed by atoms with Gasteiger partial charge in [0.05, 0.1) is 17.2 Å². The van der Waals surface area contributed by atoms with E-state index in [1.807, 2.05) is 31.2 Å². The fourth-order valence-electron chi connectivity index (χ4n) is 1.67. The number of nitrogens with zero attached hydrogens (tertiary/aromatic N) is 1. The molecule has 0 N–H and O–H groups in total. The highest BCUT2D eigenvalue weighted by Gasteiger charge is 2.33. The lowest BCUT2D eigenvalue weighted by Crippen LogP contribution is -2.07. The van der Waals surface area contributed by atoms with Crippen LogP contribution in [0.25, 0.3) is 0 Å². The molecule has 0 unspecified atom stereocenters. The monoisotopic (exact) mass is 293 g/mol. The molecule has 5 heteroatoms. The Labute approximate surface area is 119 Å². The van der Waals surface area contributed by atoms with Crippen LogP contribution in [0.5, 0.6) is 0 Å². The topological polar surface area (TPSA) is 23.8 Å². The average Bonchev–Trinajstić information content (AvgIpc) is 2.40. The van der Waals surface area contributed by atoms with Crippen LogP contribution >= 0.6 is 11.8 Å². The molecule has 0 saturated carbocycles. The third-order valence-electron chi connectivity index (χ3n) is 2.67. The summed E-state index contributed by atoms with van der Waals surface area (Å²) in [6, 6.07) is 12.9. The number of nitriles is 1. The van der Waals surface area contributed by atoms with E-state index in [0.29, 0.717) is 4.90 Å². The highest BCUT2D eigenvalue weighted by Crippen LogP contribution is 2.35. The van der Waals surface area contributed by atoms with E-state index in [1.165, 1.54) is 23.9 Å². The zero-order valence-corrected chi connectivity index (χ0v) is 11.3. The zero-order valence-electron chi connectivity index (χ0n) is 10.5. The minimum absolute atomic E-state index is 0.352. The number of halogens is 3. The summed E-state index contributed by atoms with van der Waals surface area (Å²) in [6.07, 6.45) is -4.50. The number of alkyl halides is 3. The van der Waals surface area contributed by atoms with Crippen molar-refractivity contribution in [2.24, 2.45) is 0 Å². The first kappa shape index (κ1) is 14.5. The molecule has 0 amide bonds. The largest absolute Gasteiger partial charge is 0.417 e. The van der Waals surface area contributed by atoms with Crippen molar-refractivity contribution in [3.05, 3.63) is 59.2 Å². The van der Waals surface area contributed by atoms with Gasteiger partial charge in [0.15, 0.2) is 0 Å². The maximum Gasteiger partial charge on any atom is 0.417 e. The molecule has 0 fully saturated rings. The van der Waals surface area contributed by atoms with Gasteiger partial charge in [-0.2, -0.15) is 18.4 Å². The molecule has 0 bridgehead atoms. The van der Waals surface area contributed by atoms with Crippen LogP contribution in [0.15, 0.2) is 52.3 Å². The molecule has 1 nitrogen and oxygen atoms in total. The number of benzene rings is 2. The second kappa shape index (κ2) is 5.59. The Morgan fingerprint density at radius 3 is 2.15 bits per heavy atom. The molecule has 2 aromatic carbocycles. The van der Waals surface area contributed by atoms with E-state index in [-0.39, 0.29) is 5.56 Å². The molecule has 0 atom stereocenters. The van der Waals surface area contributed by atoms with Gasteiger partial charge in [-0.1, -0.05) is 29.5 Å². The first-order valence-corrected chi connectivity index (χ1v) is 6.57. The van der Waals surface area contributed by atoms with E-state index in [4.69, 9.17) is 5.26 Å². The highest BCUT2D eigenvalue weighted by atomic mass is 32.2. The van der Waals surface area contributed by atoms with Crippen LogP contribution in [-0.2, 0) is 6.18 Å². The summed E-state index contributed by atoms with van der Waals surface area (Å²) < 4.78 is 38.0. The van der Waals surface area contributed by atoms with Gasteiger partial charge in [0.25, 0.3) is 0 Å². The summed E-state index contributed by atoms with van der Waals surface area (Å²) in [4.78, 5) is 1.53. The van der Waals surface area contributed by atoms with Crippen molar-refractivity contribution in [2.45, 2.75) is 22.9 Å². The van der Waals surface area contributed by atoms with E-state index < -0.39 is 11.7 Å². The maximum atomic E-state index is 12.7. The summed E-state index contributed by atoms with van der Waals surface area (Å²) in [7, 11) is 0. The normalized spacial score (nSPS) is 11.2. The second-order valence-electron chi connectivity index (χ2n) is 4.23. The molecule has 102 valence electrons. The van der Waals surface area contributed by atoms with Gasteiger partial charge in [-0.05, 0) is 37.3 Å². The Morgan fingerprint density at radius 1 is 1.00 bits per heavy atom. The van der Waals surface area contributed by atoms with E-state index in [0.717, 1.165) is 16.5 Å². The lowest BCUT2D eigenvalue weighted by Gasteiger charge is -2.10. The van der Waals surface area contributed by atoms with Crippen LogP contribution in [0.1, 0.15) is 16.7 Å². The lowest BCUT2D eigenvalue weighted by atomic mass is 10.1. The van der Waals surface area contributed by atoms with Crippen LogP contribution in [0.2, 0.25) is 0 Å². The number of rotatable bonds is 2. The third kappa shape index (κ3) is 3.34. The summed E-state index contributed by atoms with van der Waals surface area (Å²) >= 11 is 1.33. The van der Waals surface area contributed by atoms with Crippen molar-refractivity contribution in [3.63, 3.8) is 0 Å². The summed E-state index contributed by atoms with van der Waals surface area (Å²) in [5.41, 5.74) is -0.137. The van der Waals surface area contributed by atoms with Gasteiger partial charge in [-0.25, -0.2) is 0 Å². The van der Waals surface area contributed by atoms with Gasteiger partial charge >= 0.3 is 6.18 Å². The molecule has 0 saturated heterocycles. The SMILES string of the molecule is Cc1ccc(Sc2ccc(C(F)(F)F)c(C#N)c2)cc1. The summed E-state index contributed by atoms with van der Waals surface area (Å²) in [5.74, 6) is 0. The van der Waals surface area contributed by atoms with Gasteiger partial charge in [-0.3, -0.25) is 0 Å². The molecular weight excluding hydrogens is 283 g/mol. The predicted octanol–water partition coefficient (Wildman–Crippen LogP) is 5.04. The Hall–Kier alpha value is -1.93. The number of aryl methyl sites for hydroxylation is 1. The highest BCUT2D eigenvalue weighted by molar-refractivity contribution is 7.99. The molecular formula is C15H10F3NS. The Bertz CT molecular complexity index is 654. The summed E-state index contributed by atoms with van der Waals surface area (Å²) in [5, 5.41) is 8.85. The number of hydrogen-bond acceptors (Lipinski definition) is 2. The quantitative estimate of drug-likeness (QED) is 0.774. The summed E-state index contributed by atoms with van der Waals surface area (Å²) in [6.45, 7) is 1.96. The van der Waals surface area contributed by atoms with E-state index >= 15 is 0 Å². The van der Waals surface area contributed by atoms with Crippen molar-refractivity contribution in [1.82, 2.24) is 0 Å². The fourth-order valence-corrected chi connectivity index (χ4v) is 2.53. The van der Waals surface area contributed by atoms with Gasteiger partial charge in [0, 0.05) is 9.79 Å². The minimum Gasteiger partial charge on any atom is -0.192 e. The van der Waals surface area contributed by atoms with E-state index in [2.05, 4.69) is 0 Å². The molecule has 0 aliphatic heterocycles. The minimum atomic E-state index is -4.50. The van der Waals surface area contributed by atoms with Gasteiger partial charge in [-0.15, -0.1) is 0 Å². The Balaban J connectivity index is 2.31.